The van der Waals surface area contributed by atoms with E-state index in [2.05, 4.69) is 23.6 Å². The van der Waals surface area contributed by atoms with Gasteiger partial charge in [-0.3, -0.25) is 4.79 Å². The van der Waals surface area contributed by atoms with Crippen LogP contribution in [0.2, 0.25) is 0 Å². The van der Waals surface area contributed by atoms with Crippen LogP contribution in [0.4, 0.5) is 5.69 Å². The Kier molecular flexibility index (Phi) is 7.30. The van der Waals surface area contributed by atoms with Gasteiger partial charge in [0.25, 0.3) is 0 Å². The van der Waals surface area contributed by atoms with Crippen molar-refractivity contribution in [2.45, 2.75) is 26.2 Å². The summed E-state index contributed by atoms with van der Waals surface area (Å²) in [5, 5.41) is 6.22. The zero-order valence-electron chi connectivity index (χ0n) is 14.5. The van der Waals surface area contributed by atoms with Crippen LogP contribution in [0.25, 0.3) is 0 Å². The van der Waals surface area contributed by atoms with Crippen molar-refractivity contribution in [1.29, 1.82) is 0 Å². The molecule has 0 aliphatic rings. The van der Waals surface area contributed by atoms with E-state index in [1.54, 1.807) is 7.11 Å². The molecule has 0 heterocycles. The number of rotatable bonds is 9. The molecule has 1 amide bonds. The van der Waals surface area contributed by atoms with Gasteiger partial charge in [-0.25, -0.2) is 0 Å². The standard InChI is InChI=1S/C20H26N2O2/c1-3-16-8-10-18(11-9-16)22-20(23)13-15-21-14-12-17-6-4-5-7-19(17)24-2/h4-11,21H,3,12-15H2,1-2H3,(H,22,23). The number of amides is 1. The predicted octanol–water partition coefficient (Wildman–Crippen LogP) is 3.42. The first-order valence-corrected chi connectivity index (χ1v) is 8.44. The van der Waals surface area contributed by atoms with Gasteiger partial charge in [0.1, 0.15) is 5.75 Å². The number of benzene rings is 2. The molecule has 2 aromatic rings. The molecule has 0 fully saturated rings. The number of anilines is 1. The second kappa shape index (κ2) is 9.73. The molecule has 0 saturated carbocycles. The molecule has 24 heavy (non-hydrogen) atoms. The summed E-state index contributed by atoms with van der Waals surface area (Å²) in [5.41, 5.74) is 3.30. The summed E-state index contributed by atoms with van der Waals surface area (Å²) in [6, 6.07) is 16.0. The number of para-hydroxylation sites is 1. The van der Waals surface area contributed by atoms with Crippen LogP contribution < -0.4 is 15.4 Å². The van der Waals surface area contributed by atoms with Crippen LogP contribution in [-0.4, -0.2) is 26.1 Å². The van der Waals surface area contributed by atoms with Gasteiger partial charge < -0.3 is 15.4 Å². The molecular weight excluding hydrogens is 300 g/mol. The van der Waals surface area contributed by atoms with Crippen molar-refractivity contribution in [3.63, 3.8) is 0 Å². The second-order valence-electron chi connectivity index (χ2n) is 5.66. The molecule has 4 nitrogen and oxygen atoms in total. The highest BCUT2D eigenvalue weighted by Gasteiger charge is 2.03. The number of ether oxygens (including phenoxy) is 1. The molecule has 0 saturated heterocycles. The van der Waals surface area contributed by atoms with Crippen molar-refractivity contribution in [1.82, 2.24) is 5.32 Å². The fraction of sp³-hybridized carbons (Fsp3) is 0.350. The van der Waals surface area contributed by atoms with Crippen molar-refractivity contribution in [2.75, 3.05) is 25.5 Å². The molecule has 0 unspecified atom stereocenters. The second-order valence-corrected chi connectivity index (χ2v) is 5.66. The lowest BCUT2D eigenvalue weighted by molar-refractivity contribution is -0.116. The lowest BCUT2D eigenvalue weighted by Gasteiger charge is -2.09. The Labute approximate surface area is 144 Å². The maximum atomic E-state index is 11.9. The summed E-state index contributed by atoms with van der Waals surface area (Å²) in [4.78, 5) is 11.9. The summed E-state index contributed by atoms with van der Waals surface area (Å²) in [5.74, 6) is 0.941. The molecule has 0 aliphatic carbocycles. The van der Waals surface area contributed by atoms with Crippen LogP contribution in [0.15, 0.2) is 48.5 Å². The fourth-order valence-corrected chi connectivity index (χ4v) is 2.51. The third-order valence-electron chi connectivity index (χ3n) is 3.94. The van der Waals surface area contributed by atoms with Crippen LogP contribution in [0.1, 0.15) is 24.5 Å². The van der Waals surface area contributed by atoms with Crippen molar-refractivity contribution < 1.29 is 9.53 Å². The number of aryl methyl sites for hydroxylation is 1. The quantitative estimate of drug-likeness (QED) is 0.694. The Balaban J connectivity index is 1.65. The van der Waals surface area contributed by atoms with Crippen molar-refractivity contribution in [2.24, 2.45) is 0 Å². The minimum Gasteiger partial charge on any atom is -0.496 e. The highest BCUT2D eigenvalue weighted by atomic mass is 16.5. The first-order chi connectivity index (χ1) is 11.7. The summed E-state index contributed by atoms with van der Waals surface area (Å²) >= 11 is 0. The maximum absolute atomic E-state index is 11.9. The van der Waals surface area contributed by atoms with Gasteiger partial charge in [-0.1, -0.05) is 37.3 Å². The van der Waals surface area contributed by atoms with Crippen LogP contribution in [0.3, 0.4) is 0 Å². The molecule has 0 atom stereocenters. The number of carbonyl (C=O) groups excluding carboxylic acids is 1. The monoisotopic (exact) mass is 326 g/mol. The van der Waals surface area contributed by atoms with Gasteiger partial charge in [0.05, 0.1) is 7.11 Å². The third kappa shape index (κ3) is 5.70. The van der Waals surface area contributed by atoms with Crippen LogP contribution in [0.5, 0.6) is 5.75 Å². The van der Waals surface area contributed by atoms with Gasteiger partial charge >= 0.3 is 0 Å². The first kappa shape index (κ1) is 18.0. The van der Waals surface area contributed by atoms with Gasteiger partial charge in [-0.05, 0) is 48.7 Å². The molecule has 2 N–H and O–H groups in total. The normalized spacial score (nSPS) is 10.4. The fourth-order valence-electron chi connectivity index (χ4n) is 2.51. The van der Waals surface area contributed by atoms with Crippen LogP contribution >= 0.6 is 0 Å². The molecule has 0 spiro atoms. The van der Waals surface area contributed by atoms with Gasteiger partial charge in [-0.15, -0.1) is 0 Å². The average molecular weight is 326 g/mol. The molecule has 0 bridgehead atoms. The van der Waals surface area contributed by atoms with Gasteiger partial charge in [0.15, 0.2) is 0 Å². The minimum atomic E-state index is 0.0315. The average Bonchev–Trinajstić information content (AvgIpc) is 2.62. The number of methoxy groups -OCH3 is 1. The van der Waals surface area contributed by atoms with E-state index in [1.807, 2.05) is 42.5 Å². The number of carbonyl (C=O) groups is 1. The van der Waals surface area contributed by atoms with E-state index in [0.717, 1.165) is 30.8 Å². The smallest absolute Gasteiger partial charge is 0.225 e. The van der Waals surface area contributed by atoms with Crippen molar-refractivity contribution in [3.8, 4) is 5.75 Å². The highest BCUT2D eigenvalue weighted by molar-refractivity contribution is 5.90. The van der Waals surface area contributed by atoms with E-state index in [-0.39, 0.29) is 5.91 Å². The topological polar surface area (TPSA) is 50.4 Å². The van der Waals surface area contributed by atoms with Crippen molar-refractivity contribution in [3.05, 3.63) is 59.7 Å². The molecule has 0 radical (unpaired) electrons. The molecule has 128 valence electrons. The lowest BCUT2D eigenvalue weighted by Crippen LogP contribution is -2.23. The lowest BCUT2D eigenvalue weighted by atomic mass is 10.1. The van der Waals surface area contributed by atoms with Gasteiger partial charge in [-0.2, -0.15) is 0 Å². The zero-order chi connectivity index (χ0) is 17.2. The highest BCUT2D eigenvalue weighted by Crippen LogP contribution is 2.17. The molecule has 0 aliphatic heterocycles. The first-order valence-electron chi connectivity index (χ1n) is 8.44. The Morgan fingerprint density at radius 2 is 1.79 bits per heavy atom. The Morgan fingerprint density at radius 1 is 1.04 bits per heavy atom. The molecule has 0 aromatic heterocycles. The van der Waals surface area contributed by atoms with E-state index in [9.17, 15) is 4.79 Å². The number of hydrogen-bond donors (Lipinski definition) is 2. The number of hydrogen-bond acceptors (Lipinski definition) is 3. The van der Waals surface area contributed by atoms with Gasteiger partial charge in [0.2, 0.25) is 5.91 Å². The summed E-state index contributed by atoms with van der Waals surface area (Å²) < 4.78 is 5.33. The van der Waals surface area contributed by atoms with Gasteiger partial charge in [0, 0.05) is 18.7 Å². The van der Waals surface area contributed by atoms with Crippen LogP contribution in [-0.2, 0) is 17.6 Å². The molecule has 2 aromatic carbocycles. The van der Waals surface area contributed by atoms with E-state index in [1.165, 1.54) is 11.1 Å². The maximum Gasteiger partial charge on any atom is 0.225 e. The van der Waals surface area contributed by atoms with E-state index in [4.69, 9.17) is 4.74 Å². The van der Waals surface area contributed by atoms with E-state index < -0.39 is 0 Å². The summed E-state index contributed by atoms with van der Waals surface area (Å²) in [6.45, 7) is 3.59. The molecule has 2 rings (SSSR count). The van der Waals surface area contributed by atoms with E-state index in [0.29, 0.717) is 13.0 Å². The zero-order valence-corrected chi connectivity index (χ0v) is 14.5. The van der Waals surface area contributed by atoms with Crippen LogP contribution in [0, 0.1) is 0 Å². The Morgan fingerprint density at radius 3 is 2.50 bits per heavy atom. The Bertz CT molecular complexity index is 638. The molecule has 4 heteroatoms. The predicted molar refractivity (Wildman–Crippen MR) is 98.6 cm³/mol. The Hall–Kier alpha value is -2.33. The third-order valence-corrected chi connectivity index (χ3v) is 3.94. The largest absolute Gasteiger partial charge is 0.496 e. The van der Waals surface area contributed by atoms with E-state index >= 15 is 0 Å². The minimum absolute atomic E-state index is 0.0315. The van der Waals surface area contributed by atoms with Crippen molar-refractivity contribution >= 4 is 11.6 Å². The SMILES string of the molecule is CCc1ccc(NC(=O)CCNCCc2ccccc2OC)cc1. The number of nitrogens with one attached hydrogen (secondary N) is 2. The summed E-state index contributed by atoms with van der Waals surface area (Å²) in [7, 11) is 1.68. The summed E-state index contributed by atoms with van der Waals surface area (Å²) in [6.07, 6.45) is 2.34. The molecular formula is C20H26N2O2.